The molecule has 0 bridgehead atoms. The monoisotopic (exact) mass is 222 g/mol. The van der Waals surface area contributed by atoms with Gasteiger partial charge in [0.25, 0.3) is 5.69 Å². The number of nitro groups is 1. The first kappa shape index (κ1) is 10.7. The lowest BCUT2D eigenvalue weighted by Crippen LogP contribution is -2.22. The second kappa shape index (κ2) is 4.38. The maximum atomic E-state index is 10.7. The van der Waals surface area contributed by atoms with Gasteiger partial charge in [0.15, 0.2) is 0 Å². The fourth-order valence-corrected chi connectivity index (χ4v) is 1.88. The molecule has 1 aliphatic heterocycles. The molecule has 1 aromatic rings. The third-order valence-electron chi connectivity index (χ3n) is 2.71. The summed E-state index contributed by atoms with van der Waals surface area (Å²) >= 11 is 0. The zero-order chi connectivity index (χ0) is 11.5. The predicted octanol–water partition coefficient (Wildman–Crippen LogP) is 2.20. The summed E-state index contributed by atoms with van der Waals surface area (Å²) in [5.74, 6) is 0.619. The van der Waals surface area contributed by atoms with Crippen LogP contribution in [-0.2, 0) is 0 Å². The highest BCUT2D eigenvalue weighted by Gasteiger charge is 2.18. The summed E-state index contributed by atoms with van der Waals surface area (Å²) in [4.78, 5) is 12.4. The SMILES string of the molecule is CCN1CCCOc2cc([N+](=O)[O-])ccc21. The molecule has 0 saturated heterocycles. The normalized spacial score (nSPS) is 14.9. The van der Waals surface area contributed by atoms with E-state index >= 15 is 0 Å². The van der Waals surface area contributed by atoms with E-state index in [0.29, 0.717) is 12.4 Å². The molecule has 16 heavy (non-hydrogen) atoms. The van der Waals surface area contributed by atoms with E-state index in [0.717, 1.165) is 25.2 Å². The molecular weight excluding hydrogens is 208 g/mol. The van der Waals surface area contributed by atoms with Crippen LogP contribution in [0.1, 0.15) is 13.3 Å². The molecule has 0 fully saturated rings. The Morgan fingerprint density at radius 2 is 2.38 bits per heavy atom. The summed E-state index contributed by atoms with van der Waals surface area (Å²) in [6, 6.07) is 4.79. The topological polar surface area (TPSA) is 55.6 Å². The van der Waals surface area contributed by atoms with Gasteiger partial charge in [0.2, 0.25) is 0 Å². The van der Waals surface area contributed by atoms with Crippen LogP contribution in [0.2, 0.25) is 0 Å². The molecule has 5 nitrogen and oxygen atoms in total. The van der Waals surface area contributed by atoms with Gasteiger partial charge in [-0.05, 0) is 19.4 Å². The predicted molar refractivity (Wildman–Crippen MR) is 61.1 cm³/mol. The van der Waals surface area contributed by atoms with Crippen molar-refractivity contribution < 1.29 is 9.66 Å². The first-order valence-electron chi connectivity index (χ1n) is 5.38. The molecule has 5 heteroatoms. The van der Waals surface area contributed by atoms with Crippen LogP contribution in [0.4, 0.5) is 11.4 Å². The third-order valence-corrected chi connectivity index (χ3v) is 2.71. The molecule has 0 aliphatic carbocycles. The van der Waals surface area contributed by atoms with Crippen LogP contribution in [0.25, 0.3) is 0 Å². The van der Waals surface area contributed by atoms with Crippen molar-refractivity contribution in [1.82, 2.24) is 0 Å². The number of nitro benzene ring substituents is 1. The first-order chi connectivity index (χ1) is 7.72. The van der Waals surface area contributed by atoms with Gasteiger partial charge in [-0.3, -0.25) is 10.1 Å². The number of ether oxygens (including phenoxy) is 1. The second-order valence-corrected chi connectivity index (χ2v) is 3.69. The van der Waals surface area contributed by atoms with E-state index in [1.165, 1.54) is 12.1 Å². The van der Waals surface area contributed by atoms with Crippen LogP contribution in [0.15, 0.2) is 18.2 Å². The van der Waals surface area contributed by atoms with Gasteiger partial charge >= 0.3 is 0 Å². The Labute approximate surface area is 93.8 Å². The Kier molecular flexibility index (Phi) is 2.94. The molecule has 0 unspecified atom stereocenters. The number of fused-ring (bicyclic) bond motifs is 1. The van der Waals surface area contributed by atoms with Crippen molar-refractivity contribution in [3.05, 3.63) is 28.3 Å². The molecule has 0 spiro atoms. The standard InChI is InChI=1S/C11H14N2O3/c1-2-12-6-3-7-16-11-8-9(13(14)15)4-5-10(11)12/h4-5,8H,2-3,6-7H2,1H3. The van der Waals surface area contributed by atoms with Crippen molar-refractivity contribution in [1.29, 1.82) is 0 Å². The Hall–Kier alpha value is -1.78. The van der Waals surface area contributed by atoms with E-state index in [-0.39, 0.29) is 5.69 Å². The highest BCUT2D eigenvalue weighted by molar-refractivity contribution is 5.62. The molecule has 2 rings (SSSR count). The van der Waals surface area contributed by atoms with Crippen LogP contribution in [-0.4, -0.2) is 24.6 Å². The summed E-state index contributed by atoms with van der Waals surface area (Å²) in [6.45, 7) is 4.50. The minimum Gasteiger partial charge on any atom is -0.491 e. The lowest BCUT2D eigenvalue weighted by atomic mass is 10.2. The van der Waals surface area contributed by atoms with E-state index in [1.807, 2.05) is 0 Å². The van der Waals surface area contributed by atoms with E-state index in [9.17, 15) is 10.1 Å². The van der Waals surface area contributed by atoms with E-state index in [1.54, 1.807) is 6.07 Å². The molecule has 0 atom stereocenters. The van der Waals surface area contributed by atoms with Crippen LogP contribution in [0.3, 0.4) is 0 Å². The molecule has 0 amide bonds. The molecule has 1 heterocycles. The molecule has 1 aliphatic rings. The van der Waals surface area contributed by atoms with Crippen LogP contribution in [0.5, 0.6) is 5.75 Å². The number of nitrogens with zero attached hydrogens (tertiary/aromatic N) is 2. The minimum absolute atomic E-state index is 0.0803. The summed E-state index contributed by atoms with van der Waals surface area (Å²) in [7, 11) is 0. The molecule has 0 N–H and O–H groups in total. The maximum absolute atomic E-state index is 10.7. The van der Waals surface area contributed by atoms with Gasteiger partial charge in [0.1, 0.15) is 5.75 Å². The van der Waals surface area contributed by atoms with Crippen molar-refractivity contribution >= 4 is 11.4 Å². The quantitative estimate of drug-likeness (QED) is 0.568. The van der Waals surface area contributed by atoms with Crippen LogP contribution in [0, 0.1) is 10.1 Å². The minimum atomic E-state index is -0.398. The maximum Gasteiger partial charge on any atom is 0.273 e. The van der Waals surface area contributed by atoms with E-state index in [2.05, 4.69) is 11.8 Å². The Morgan fingerprint density at radius 1 is 1.56 bits per heavy atom. The highest BCUT2D eigenvalue weighted by atomic mass is 16.6. The highest BCUT2D eigenvalue weighted by Crippen LogP contribution is 2.33. The number of benzene rings is 1. The van der Waals surface area contributed by atoms with Gasteiger partial charge in [0, 0.05) is 19.2 Å². The first-order valence-corrected chi connectivity index (χ1v) is 5.38. The van der Waals surface area contributed by atoms with Crippen LogP contribution >= 0.6 is 0 Å². The molecule has 0 saturated carbocycles. The number of rotatable bonds is 2. The van der Waals surface area contributed by atoms with Crippen molar-refractivity contribution in [2.45, 2.75) is 13.3 Å². The smallest absolute Gasteiger partial charge is 0.273 e. The number of non-ortho nitro benzene ring substituents is 1. The van der Waals surface area contributed by atoms with Crippen LogP contribution < -0.4 is 9.64 Å². The van der Waals surface area contributed by atoms with E-state index in [4.69, 9.17) is 4.74 Å². The molecule has 1 aromatic carbocycles. The Bertz CT molecular complexity index is 406. The lowest BCUT2D eigenvalue weighted by Gasteiger charge is -2.21. The van der Waals surface area contributed by atoms with Crippen molar-refractivity contribution in [2.24, 2.45) is 0 Å². The number of hydrogen-bond donors (Lipinski definition) is 0. The zero-order valence-electron chi connectivity index (χ0n) is 9.18. The average molecular weight is 222 g/mol. The molecule has 86 valence electrons. The summed E-state index contributed by atoms with van der Waals surface area (Å²) in [5.41, 5.74) is 1.03. The number of anilines is 1. The van der Waals surface area contributed by atoms with Gasteiger partial charge < -0.3 is 9.64 Å². The molecule has 0 aromatic heterocycles. The average Bonchev–Trinajstić information content (AvgIpc) is 2.49. The number of hydrogen-bond acceptors (Lipinski definition) is 4. The molecular formula is C11H14N2O3. The van der Waals surface area contributed by atoms with Crippen molar-refractivity contribution in [3.63, 3.8) is 0 Å². The molecule has 0 radical (unpaired) electrons. The van der Waals surface area contributed by atoms with Gasteiger partial charge in [-0.15, -0.1) is 0 Å². The van der Waals surface area contributed by atoms with Gasteiger partial charge in [-0.25, -0.2) is 0 Å². The zero-order valence-corrected chi connectivity index (χ0v) is 9.18. The fourth-order valence-electron chi connectivity index (χ4n) is 1.88. The van der Waals surface area contributed by atoms with E-state index < -0.39 is 4.92 Å². The van der Waals surface area contributed by atoms with Gasteiger partial charge in [-0.2, -0.15) is 0 Å². The Morgan fingerprint density at radius 3 is 3.06 bits per heavy atom. The summed E-state index contributed by atoms with van der Waals surface area (Å²) < 4.78 is 5.53. The summed E-state index contributed by atoms with van der Waals surface area (Å²) in [6.07, 6.45) is 0.941. The van der Waals surface area contributed by atoms with Gasteiger partial charge in [0.05, 0.1) is 23.3 Å². The Balaban J connectivity index is 2.41. The second-order valence-electron chi connectivity index (χ2n) is 3.69. The van der Waals surface area contributed by atoms with Crippen molar-refractivity contribution in [2.75, 3.05) is 24.6 Å². The van der Waals surface area contributed by atoms with Gasteiger partial charge in [-0.1, -0.05) is 0 Å². The van der Waals surface area contributed by atoms with Crippen molar-refractivity contribution in [3.8, 4) is 5.75 Å². The largest absolute Gasteiger partial charge is 0.491 e. The summed E-state index contributed by atoms with van der Waals surface area (Å²) in [5, 5.41) is 10.7. The third kappa shape index (κ3) is 1.93. The lowest BCUT2D eigenvalue weighted by molar-refractivity contribution is -0.384. The fraction of sp³-hybridized carbons (Fsp3) is 0.455.